The Kier molecular flexibility index (Phi) is 5.67. The molecule has 4 nitrogen and oxygen atoms in total. The van der Waals surface area contributed by atoms with E-state index in [1.165, 1.54) is 6.33 Å². The van der Waals surface area contributed by atoms with Crippen molar-refractivity contribution in [1.29, 1.82) is 0 Å². The molecule has 0 bridgehead atoms. The molecule has 21 heavy (non-hydrogen) atoms. The average molecular weight is 390 g/mol. The topological polar surface area (TPSA) is 49.8 Å². The van der Waals surface area contributed by atoms with E-state index in [-0.39, 0.29) is 0 Å². The highest BCUT2D eigenvalue weighted by Gasteiger charge is 2.13. The van der Waals surface area contributed by atoms with Crippen LogP contribution in [0.2, 0.25) is 10.0 Å². The molecule has 0 saturated carbocycles. The summed E-state index contributed by atoms with van der Waals surface area (Å²) in [4.78, 5) is 8.57. The SMILES string of the molecule is CCNc1ncnc(Nc2ccc(Br)c(Cl)c2Cl)c1CC. The number of halogens is 3. The second-order valence-corrected chi connectivity index (χ2v) is 5.89. The number of anilines is 3. The van der Waals surface area contributed by atoms with Gasteiger partial charge < -0.3 is 10.6 Å². The maximum Gasteiger partial charge on any atom is 0.139 e. The van der Waals surface area contributed by atoms with Crippen molar-refractivity contribution in [3.8, 4) is 0 Å². The third-order valence-electron chi connectivity index (χ3n) is 2.93. The summed E-state index contributed by atoms with van der Waals surface area (Å²) in [6, 6.07) is 3.70. The number of benzene rings is 1. The van der Waals surface area contributed by atoms with Crippen LogP contribution < -0.4 is 10.6 Å². The predicted molar refractivity (Wildman–Crippen MR) is 93.0 cm³/mol. The lowest BCUT2D eigenvalue weighted by molar-refractivity contribution is 1.03. The summed E-state index contributed by atoms with van der Waals surface area (Å²) in [5, 5.41) is 7.39. The van der Waals surface area contributed by atoms with Crippen molar-refractivity contribution in [2.45, 2.75) is 20.3 Å². The van der Waals surface area contributed by atoms with E-state index in [0.717, 1.165) is 34.6 Å². The summed E-state index contributed by atoms with van der Waals surface area (Å²) in [6.07, 6.45) is 2.32. The minimum atomic E-state index is 0.455. The second kappa shape index (κ2) is 7.29. The van der Waals surface area contributed by atoms with E-state index in [4.69, 9.17) is 23.2 Å². The van der Waals surface area contributed by atoms with E-state index in [9.17, 15) is 0 Å². The molecule has 1 aromatic heterocycles. The predicted octanol–water partition coefficient (Wildman–Crippen LogP) is 5.28. The van der Waals surface area contributed by atoms with Gasteiger partial charge in [-0.3, -0.25) is 0 Å². The van der Waals surface area contributed by atoms with E-state index in [1.54, 1.807) is 0 Å². The van der Waals surface area contributed by atoms with Gasteiger partial charge in [0, 0.05) is 16.6 Å². The standard InChI is InChI=1S/C14H15BrCl2N4/c1-3-8-13(18-4-2)19-7-20-14(8)21-10-6-5-9(15)11(16)12(10)17/h5-7H,3-4H2,1-2H3,(H2,18,19,20,21). The Morgan fingerprint density at radius 1 is 1.10 bits per heavy atom. The van der Waals surface area contributed by atoms with Gasteiger partial charge in [0.2, 0.25) is 0 Å². The second-order valence-electron chi connectivity index (χ2n) is 4.28. The van der Waals surface area contributed by atoms with Crippen molar-refractivity contribution < 1.29 is 0 Å². The zero-order chi connectivity index (χ0) is 15.4. The van der Waals surface area contributed by atoms with Crippen LogP contribution in [0.5, 0.6) is 0 Å². The average Bonchev–Trinajstić information content (AvgIpc) is 2.48. The first-order valence-corrected chi connectivity index (χ1v) is 8.11. The summed E-state index contributed by atoms with van der Waals surface area (Å²) in [6.45, 7) is 4.88. The molecule has 0 aliphatic rings. The van der Waals surface area contributed by atoms with Crippen molar-refractivity contribution in [2.24, 2.45) is 0 Å². The first kappa shape index (κ1) is 16.3. The molecule has 112 valence electrons. The van der Waals surface area contributed by atoms with Crippen molar-refractivity contribution in [2.75, 3.05) is 17.2 Å². The van der Waals surface area contributed by atoms with Gasteiger partial charge in [-0.15, -0.1) is 0 Å². The molecule has 0 radical (unpaired) electrons. The molecule has 0 amide bonds. The molecule has 0 fully saturated rings. The van der Waals surface area contributed by atoms with Gasteiger partial charge in [-0.1, -0.05) is 30.1 Å². The highest BCUT2D eigenvalue weighted by Crippen LogP contribution is 2.37. The van der Waals surface area contributed by atoms with E-state index >= 15 is 0 Å². The quantitative estimate of drug-likeness (QED) is 0.682. The zero-order valence-corrected chi connectivity index (χ0v) is 14.8. The normalized spacial score (nSPS) is 10.5. The molecule has 0 spiro atoms. The molecule has 2 rings (SSSR count). The molecular weight excluding hydrogens is 375 g/mol. The number of hydrogen-bond acceptors (Lipinski definition) is 4. The van der Waals surface area contributed by atoms with Crippen LogP contribution in [0.25, 0.3) is 0 Å². The van der Waals surface area contributed by atoms with E-state index in [0.29, 0.717) is 15.7 Å². The van der Waals surface area contributed by atoms with E-state index < -0.39 is 0 Å². The molecule has 2 N–H and O–H groups in total. The van der Waals surface area contributed by atoms with Crippen LogP contribution >= 0.6 is 39.1 Å². The molecule has 0 saturated heterocycles. The summed E-state index contributed by atoms with van der Waals surface area (Å²) < 4.78 is 0.756. The van der Waals surface area contributed by atoms with Gasteiger partial charge in [0.1, 0.15) is 18.0 Å². The molecule has 0 atom stereocenters. The highest BCUT2D eigenvalue weighted by molar-refractivity contribution is 9.10. The van der Waals surface area contributed by atoms with E-state index in [1.807, 2.05) is 19.1 Å². The lowest BCUT2D eigenvalue weighted by Crippen LogP contribution is -2.07. The van der Waals surface area contributed by atoms with Gasteiger partial charge in [0.25, 0.3) is 0 Å². The summed E-state index contributed by atoms with van der Waals surface area (Å²) in [5.41, 5.74) is 1.72. The van der Waals surface area contributed by atoms with Crippen LogP contribution in [0.3, 0.4) is 0 Å². The largest absolute Gasteiger partial charge is 0.370 e. The number of rotatable bonds is 5. The maximum atomic E-state index is 6.26. The number of nitrogens with zero attached hydrogens (tertiary/aromatic N) is 2. The fraction of sp³-hybridized carbons (Fsp3) is 0.286. The van der Waals surface area contributed by atoms with Gasteiger partial charge in [0.05, 0.1) is 15.7 Å². The minimum absolute atomic E-state index is 0.455. The zero-order valence-electron chi connectivity index (χ0n) is 11.7. The minimum Gasteiger partial charge on any atom is -0.370 e. The lowest BCUT2D eigenvalue weighted by atomic mass is 10.2. The van der Waals surface area contributed by atoms with Crippen molar-refractivity contribution in [3.63, 3.8) is 0 Å². The van der Waals surface area contributed by atoms with Crippen molar-refractivity contribution >= 4 is 56.5 Å². The van der Waals surface area contributed by atoms with Crippen LogP contribution in [-0.4, -0.2) is 16.5 Å². The van der Waals surface area contributed by atoms with Crippen LogP contribution in [0.4, 0.5) is 17.3 Å². The third kappa shape index (κ3) is 3.59. The molecular formula is C14H15BrCl2N4. The number of aromatic nitrogens is 2. The Balaban J connectivity index is 2.40. The third-order valence-corrected chi connectivity index (χ3v) is 4.70. The van der Waals surface area contributed by atoms with Crippen LogP contribution in [0.15, 0.2) is 22.9 Å². The molecule has 0 unspecified atom stereocenters. The Bertz CT molecular complexity index is 649. The van der Waals surface area contributed by atoms with Gasteiger partial charge in [-0.05, 0) is 41.4 Å². The maximum absolute atomic E-state index is 6.26. The molecule has 1 heterocycles. The molecule has 0 aliphatic heterocycles. The Morgan fingerprint density at radius 3 is 2.48 bits per heavy atom. The molecule has 0 aliphatic carbocycles. The smallest absolute Gasteiger partial charge is 0.139 e. The van der Waals surface area contributed by atoms with Crippen LogP contribution in [0, 0.1) is 0 Å². The summed E-state index contributed by atoms with van der Waals surface area (Å²) in [5.74, 6) is 1.56. The first-order chi connectivity index (χ1) is 10.1. The first-order valence-electron chi connectivity index (χ1n) is 6.56. The Hall–Kier alpha value is -1.04. The molecule has 7 heteroatoms. The fourth-order valence-electron chi connectivity index (χ4n) is 1.92. The van der Waals surface area contributed by atoms with Crippen molar-refractivity contribution in [1.82, 2.24) is 9.97 Å². The molecule has 2 aromatic rings. The lowest BCUT2D eigenvalue weighted by Gasteiger charge is -2.15. The van der Waals surface area contributed by atoms with Gasteiger partial charge in [-0.25, -0.2) is 9.97 Å². The highest BCUT2D eigenvalue weighted by atomic mass is 79.9. The van der Waals surface area contributed by atoms with E-state index in [2.05, 4.69) is 43.5 Å². The van der Waals surface area contributed by atoms with Crippen molar-refractivity contribution in [3.05, 3.63) is 38.5 Å². The fourth-order valence-corrected chi connectivity index (χ4v) is 2.75. The number of hydrogen-bond donors (Lipinski definition) is 2. The Morgan fingerprint density at radius 2 is 1.81 bits per heavy atom. The number of nitrogens with one attached hydrogen (secondary N) is 2. The molecule has 1 aromatic carbocycles. The van der Waals surface area contributed by atoms with Gasteiger partial charge in [-0.2, -0.15) is 0 Å². The van der Waals surface area contributed by atoms with Crippen LogP contribution in [-0.2, 0) is 6.42 Å². The summed E-state index contributed by atoms with van der Waals surface area (Å²) in [7, 11) is 0. The Labute approximate surface area is 142 Å². The van der Waals surface area contributed by atoms with Gasteiger partial charge >= 0.3 is 0 Å². The van der Waals surface area contributed by atoms with Gasteiger partial charge in [0.15, 0.2) is 0 Å². The summed E-state index contributed by atoms with van der Waals surface area (Å²) >= 11 is 15.7. The van der Waals surface area contributed by atoms with Crippen LogP contribution in [0.1, 0.15) is 19.4 Å². The monoisotopic (exact) mass is 388 g/mol.